The van der Waals surface area contributed by atoms with Crippen LogP contribution in [-0.4, -0.2) is 36.3 Å². The minimum atomic E-state index is -0.973. The second kappa shape index (κ2) is 11.3. The molecule has 3 aromatic rings. The first-order chi connectivity index (χ1) is 16.5. The molecule has 5 nitrogen and oxygen atoms in total. The molecule has 4 rings (SSSR count). The maximum Gasteiger partial charge on any atom is 0.335 e. The van der Waals surface area contributed by atoms with E-state index >= 15 is 0 Å². The smallest absolute Gasteiger partial charge is 0.335 e. The molecule has 34 heavy (non-hydrogen) atoms. The average molecular weight is 475 g/mol. The first-order valence-corrected chi connectivity index (χ1v) is 12.9. The van der Waals surface area contributed by atoms with E-state index in [2.05, 4.69) is 58.9 Å². The zero-order chi connectivity index (χ0) is 23.9. The summed E-state index contributed by atoms with van der Waals surface area (Å²) < 4.78 is 0. The van der Waals surface area contributed by atoms with E-state index in [1.807, 2.05) is 6.07 Å². The molecule has 0 aliphatic carbocycles. The average Bonchev–Trinajstić information content (AvgIpc) is 2.88. The second-order valence-corrected chi connectivity index (χ2v) is 9.44. The summed E-state index contributed by atoms with van der Waals surface area (Å²) in [6, 6.07) is 22.9. The van der Waals surface area contributed by atoms with Crippen LogP contribution >= 0.6 is 11.8 Å². The van der Waals surface area contributed by atoms with Crippen LogP contribution in [0.3, 0.4) is 0 Å². The third-order valence-electron chi connectivity index (χ3n) is 6.26. The Balaban J connectivity index is 1.62. The van der Waals surface area contributed by atoms with E-state index in [-0.39, 0.29) is 23.9 Å². The molecule has 0 saturated carbocycles. The largest absolute Gasteiger partial charge is 0.478 e. The van der Waals surface area contributed by atoms with Crippen molar-refractivity contribution in [2.75, 3.05) is 24.2 Å². The van der Waals surface area contributed by atoms with Gasteiger partial charge in [0.25, 0.3) is 0 Å². The molecule has 1 saturated heterocycles. The van der Waals surface area contributed by atoms with Gasteiger partial charge in [0, 0.05) is 29.2 Å². The molecular formula is C28H30N2O3S. The Bertz CT molecular complexity index is 1120. The van der Waals surface area contributed by atoms with E-state index in [0.717, 1.165) is 29.8 Å². The standard InChI is InChI=1S/C28H30N2O3S/c1-34-23-15-13-21(14-16-23)27(24-7-3-4-8-25(24)30-17-5-2-6-18-30)29-26(31)19-20-9-11-22(12-10-20)28(32)33/h3-4,7-16,27H,2,5-6,17-19H2,1H3,(H,29,31)(H,32,33). The Morgan fingerprint density at radius 2 is 1.62 bits per heavy atom. The van der Waals surface area contributed by atoms with E-state index in [0.29, 0.717) is 0 Å². The van der Waals surface area contributed by atoms with Crippen molar-refractivity contribution in [1.82, 2.24) is 5.32 Å². The van der Waals surface area contributed by atoms with Crippen LogP contribution in [0.4, 0.5) is 5.69 Å². The Morgan fingerprint density at radius 1 is 0.941 bits per heavy atom. The van der Waals surface area contributed by atoms with E-state index < -0.39 is 5.97 Å². The molecule has 1 aliphatic heterocycles. The Labute approximate surface area is 205 Å². The van der Waals surface area contributed by atoms with E-state index in [1.165, 1.54) is 42.0 Å². The van der Waals surface area contributed by atoms with Crippen LogP contribution in [0, 0.1) is 0 Å². The predicted octanol–water partition coefficient (Wildman–Crippen LogP) is 5.55. The lowest BCUT2D eigenvalue weighted by atomic mass is 9.95. The van der Waals surface area contributed by atoms with Crippen LogP contribution in [-0.2, 0) is 11.2 Å². The van der Waals surface area contributed by atoms with Crippen molar-refractivity contribution in [1.29, 1.82) is 0 Å². The molecular weight excluding hydrogens is 444 g/mol. The minimum absolute atomic E-state index is 0.101. The normalized spacial score (nSPS) is 14.4. The van der Waals surface area contributed by atoms with Gasteiger partial charge in [-0.3, -0.25) is 4.79 Å². The van der Waals surface area contributed by atoms with Gasteiger partial charge in [0.05, 0.1) is 18.0 Å². The molecule has 1 amide bonds. The highest BCUT2D eigenvalue weighted by molar-refractivity contribution is 7.98. The number of carboxylic acids is 1. The number of nitrogens with zero attached hydrogens (tertiary/aromatic N) is 1. The topological polar surface area (TPSA) is 69.6 Å². The number of aromatic carboxylic acids is 1. The van der Waals surface area contributed by atoms with Gasteiger partial charge in [-0.25, -0.2) is 4.79 Å². The van der Waals surface area contributed by atoms with E-state index in [1.54, 1.807) is 23.9 Å². The molecule has 6 heteroatoms. The van der Waals surface area contributed by atoms with Crippen molar-refractivity contribution in [2.45, 2.75) is 36.6 Å². The van der Waals surface area contributed by atoms with Crippen LogP contribution in [0.5, 0.6) is 0 Å². The number of piperidine rings is 1. The molecule has 1 heterocycles. The lowest BCUT2D eigenvalue weighted by Gasteiger charge is -2.33. The third kappa shape index (κ3) is 5.81. The van der Waals surface area contributed by atoms with Crippen LogP contribution < -0.4 is 10.2 Å². The Morgan fingerprint density at radius 3 is 2.26 bits per heavy atom. The number of carboxylic acid groups (broad SMARTS) is 1. The zero-order valence-electron chi connectivity index (χ0n) is 19.4. The van der Waals surface area contributed by atoms with E-state index in [4.69, 9.17) is 5.11 Å². The predicted molar refractivity (Wildman–Crippen MR) is 138 cm³/mol. The molecule has 0 aromatic heterocycles. The quantitative estimate of drug-likeness (QED) is 0.419. The fourth-order valence-electron chi connectivity index (χ4n) is 4.45. The summed E-state index contributed by atoms with van der Waals surface area (Å²) in [6.07, 6.45) is 5.86. The summed E-state index contributed by atoms with van der Waals surface area (Å²) in [5.74, 6) is -1.07. The molecule has 1 unspecified atom stereocenters. The summed E-state index contributed by atoms with van der Waals surface area (Å²) in [6.45, 7) is 2.05. The maximum atomic E-state index is 13.2. The number of thioether (sulfide) groups is 1. The molecule has 176 valence electrons. The molecule has 3 aromatic carbocycles. The molecule has 1 aliphatic rings. The second-order valence-electron chi connectivity index (χ2n) is 8.56. The highest BCUT2D eigenvalue weighted by Gasteiger charge is 2.23. The van der Waals surface area contributed by atoms with Gasteiger partial charge in [-0.05, 0) is 67.0 Å². The molecule has 2 N–H and O–H groups in total. The van der Waals surface area contributed by atoms with Gasteiger partial charge in [-0.1, -0.05) is 42.5 Å². The number of nitrogens with one attached hydrogen (secondary N) is 1. The minimum Gasteiger partial charge on any atom is -0.478 e. The van der Waals surface area contributed by atoms with Gasteiger partial charge < -0.3 is 15.3 Å². The molecule has 0 bridgehead atoms. The van der Waals surface area contributed by atoms with Crippen molar-refractivity contribution < 1.29 is 14.7 Å². The maximum absolute atomic E-state index is 13.2. The highest BCUT2D eigenvalue weighted by Crippen LogP contribution is 2.33. The lowest BCUT2D eigenvalue weighted by Crippen LogP contribution is -2.34. The molecule has 0 spiro atoms. The van der Waals surface area contributed by atoms with Crippen molar-refractivity contribution >= 4 is 29.3 Å². The van der Waals surface area contributed by atoms with Crippen LogP contribution in [0.2, 0.25) is 0 Å². The number of carbonyl (C=O) groups is 2. The Kier molecular flexibility index (Phi) is 7.91. The summed E-state index contributed by atoms with van der Waals surface area (Å²) in [5, 5.41) is 12.4. The summed E-state index contributed by atoms with van der Waals surface area (Å²) in [7, 11) is 0. The van der Waals surface area contributed by atoms with Crippen molar-refractivity contribution in [2.24, 2.45) is 0 Å². The number of amides is 1. The molecule has 1 fully saturated rings. The summed E-state index contributed by atoms with van der Waals surface area (Å²) in [4.78, 5) is 27.9. The summed E-state index contributed by atoms with van der Waals surface area (Å²) in [5.41, 5.74) is 4.30. The van der Waals surface area contributed by atoms with Crippen molar-refractivity contribution in [3.05, 3.63) is 95.1 Å². The zero-order valence-corrected chi connectivity index (χ0v) is 20.2. The van der Waals surface area contributed by atoms with Crippen molar-refractivity contribution in [3.63, 3.8) is 0 Å². The summed E-state index contributed by atoms with van der Waals surface area (Å²) >= 11 is 1.69. The van der Waals surface area contributed by atoms with Gasteiger partial charge in [0.15, 0.2) is 0 Å². The fraction of sp³-hybridized carbons (Fsp3) is 0.286. The third-order valence-corrected chi connectivity index (χ3v) is 7.01. The molecule has 0 radical (unpaired) electrons. The number of hydrogen-bond acceptors (Lipinski definition) is 4. The number of rotatable bonds is 8. The van der Waals surface area contributed by atoms with Crippen molar-refractivity contribution in [3.8, 4) is 0 Å². The van der Waals surface area contributed by atoms with Gasteiger partial charge >= 0.3 is 5.97 Å². The monoisotopic (exact) mass is 474 g/mol. The number of hydrogen-bond donors (Lipinski definition) is 2. The van der Waals surface area contributed by atoms with Gasteiger partial charge in [-0.2, -0.15) is 0 Å². The number of anilines is 1. The highest BCUT2D eigenvalue weighted by atomic mass is 32.2. The SMILES string of the molecule is CSc1ccc(C(NC(=O)Cc2ccc(C(=O)O)cc2)c2ccccc2N2CCCCC2)cc1. The first kappa shape index (κ1) is 23.9. The van der Waals surface area contributed by atoms with Gasteiger partial charge in [0.1, 0.15) is 0 Å². The number of benzene rings is 3. The van der Waals surface area contributed by atoms with E-state index in [9.17, 15) is 9.59 Å². The van der Waals surface area contributed by atoms with Gasteiger partial charge in [-0.15, -0.1) is 11.8 Å². The lowest BCUT2D eigenvalue weighted by molar-refractivity contribution is -0.120. The Hall–Kier alpha value is -3.25. The van der Waals surface area contributed by atoms with Crippen LogP contribution in [0.15, 0.2) is 77.7 Å². The number of carbonyl (C=O) groups excluding carboxylic acids is 1. The van der Waals surface area contributed by atoms with Gasteiger partial charge in [0.2, 0.25) is 5.91 Å². The van der Waals surface area contributed by atoms with Crippen LogP contribution in [0.1, 0.15) is 52.4 Å². The number of para-hydroxylation sites is 1. The molecule has 1 atom stereocenters. The first-order valence-electron chi connectivity index (χ1n) is 11.6. The fourth-order valence-corrected chi connectivity index (χ4v) is 4.86. The van der Waals surface area contributed by atoms with Crippen LogP contribution in [0.25, 0.3) is 0 Å².